The minimum atomic E-state index is 0.462. The van der Waals surface area contributed by atoms with Crippen LogP contribution in [0.2, 0.25) is 0 Å². The molecule has 1 nitrogen and oxygen atoms in total. The van der Waals surface area contributed by atoms with Crippen molar-refractivity contribution in [3.63, 3.8) is 0 Å². The summed E-state index contributed by atoms with van der Waals surface area (Å²) in [4.78, 5) is 0. The molecule has 0 aliphatic rings. The molecule has 0 fully saturated rings. The molecular weight excluding hydrogens is 254 g/mol. The topological polar surface area (TPSA) is 12.0 Å². The summed E-state index contributed by atoms with van der Waals surface area (Å²) >= 11 is 0. The Bertz CT molecular complexity index is 333. The van der Waals surface area contributed by atoms with Crippen LogP contribution in [-0.4, -0.2) is 6.04 Å². The molecule has 120 valence electrons. The van der Waals surface area contributed by atoms with Gasteiger partial charge in [0.25, 0.3) is 0 Å². The average Bonchev–Trinajstić information content (AvgIpc) is 2.52. The zero-order valence-corrected chi connectivity index (χ0v) is 14.4. The maximum atomic E-state index is 3.86. The second kappa shape index (κ2) is 11.8. The summed E-state index contributed by atoms with van der Waals surface area (Å²) in [5.41, 5.74) is 1.41. The van der Waals surface area contributed by atoms with E-state index in [4.69, 9.17) is 0 Å². The lowest BCUT2D eigenvalue weighted by atomic mass is 9.99. The van der Waals surface area contributed by atoms with Crippen molar-refractivity contribution < 1.29 is 0 Å². The van der Waals surface area contributed by atoms with Crippen LogP contribution in [0.15, 0.2) is 30.3 Å². The van der Waals surface area contributed by atoms with Crippen molar-refractivity contribution in [1.29, 1.82) is 0 Å². The number of hydrogen-bond donors (Lipinski definition) is 1. The van der Waals surface area contributed by atoms with E-state index >= 15 is 0 Å². The zero-order valence-electron chi connectivity index (χ0n) is 14.4. The third-order valence-corrected chi connectivity index (χ3v) is 4.35. The molecule has 0 saturated heterocycles. The van der Waals surface area contributed by atoms with Gasteiger partial charge in [0, 0.05) is 12.1 Å². The van der Waals surface area contributed by atoms with Crippen LogP contribution in [0, 0.1) is 0 Å². The van der Waals surface area contributed by atoms with E-state index in [0.717, 1.165) is 0 Å². The molecule has 1 N–H and O–H groups in total. The minimum Gasteiger partial charge on any atom is -0.307 e. The van der Waals surface area contributed by atoms with Gasteiger partial charge in [0.15, 0.2) is 0 Å². The molecular formula is C20H35N. The summed E-state index contributed by atoms with van der Waals surface area (Å²) < 4.78 is 0. The van der Waals surface area contributed by atoms with Gasteiger partial charge in [-0.05, 0) is 25.3 Å². The Hall–Kier alpha value is -0.820. The van der Waals surface area contributed by atoms with Crippen molar-refractivity contribution in [1.82, 2.24) is 5.32 Å². The van der Waals surface area contributed by atoms with Crippen LogP contribution >= 0.6 is 0 Å². The van der Waals surface area contributed by atoms with E-state index < -0.39 is 0 Å². The molecule has 0 unspecified atom stereocenters. The third-order valence-electron chi connectivity index (χ3n) is 4.35. The monoisotopic (exact) mass is 289 g/mol. The molecule has 2 atom stereocenters. The van der Waals surface area contributed by atoms with Crippen LogP contribution in [0.5, 0.6) is 0 Å². The first kappa shape index (κ1) is 18.2. The van der Waals surface area contributed by atoms with Crippen molar-refractivity contribution in [2.75, 3.05) is 0 Å². The van der Waals surface area contributed by atoms with Crippen LogP contribution in [0.4, 0.5) is 0 Å². The number of hydrogen-bond acceptors (Lipinski definition) is 1. The van der Waals surface area contributed by atoms with Crippen LogP contribution in [0.3, 0.4) is 0 Å². The van der Waals surface area contributed by atoms with E-state index in [-0.39, 0.29) is 0 Å². The highest BCUT2D eigenvalue weighted by Crippen LogP contribution is 2.17. The van der Waals surface area contributed by atoms with Gasteiger partial charge in [-0.2, -0.15) is 0 Å². The largest absolute Gasteiger partial charge is 0.307 e. The summed E-state index contributed by atoms with van der Waals surface area (Å²) in [7, 11) is 0. The first-order chi connectivity index (χ1) is 10.3. The number of rotatable bonds is 12. The van der Waals surface area contributed by atoms with Gasteiger partial charge >= 0.3 is 0 Å². The highest BCUT2D eigenvalue weighted by atomic mass is 14.9. The van der Waals surface area contributed by atoms with Gasteiger partial charge in [-0.15, -0.1) is 0 Å². The Labute approximate surface area is 132 Å². The first-order valence-electron chi connectivity index (χ1n) is 9.08. The molecule has 0 saturated carbocycles. The van der Waals surface area contributed by atoms with Crippen LogP contribution in [0.1, 0.15) is 90.2 Å². The van der Waals surface area contributed by atoms with E-state index in [0.29, 0.717) is 12.1 Å². The third kappa shape index (κ3) is 8.26. The lowest BCUT2D eigenvalue weighted by molar-refractivity contribution is 0.385. The summed E-state index contributed by atoms with van der Waals surface area (Å²) in [6.07, 6.45) is 12.2. The number of benzene rings is 1. The first-order valence-corrected chi connectivity index (χ1v) is 9.08. The smallest absolute Gasteiger partial charge is 0.0294 e. The van der Waals surface area contributed by atoms with Gasteiger partial charge < -0.3 is 5.32 Å². The Morgan fingerprint density at radius 2 is 1.43 bits per heavy atom. The highest BCUT2D eigenvalue weighted by molar-refractivity contribution is 5.18. The maximum absolute atomic E-state index is 3.86. The lowest BCUT2D eigenvalue weighted by Crippen LogP contribution is -2.31. The molecule has 0 heterocycles. The number of nitrogens with one attached hydrogen (secondary N) is 1. The van der Waals surface area contributed by atoms with E-state index in [1.54, 1.807) is 0 Å². The fourth-order valence-electron chi connectivity index (χ4n) is 2.95. The Morgan fingerprint density at radius 3 is 2.10 bits per heavy atom. The van der Waals surface area contributed by atoms with Crippen LogP contribution in [-0.2, 0) is 0 Å². The van der Waals surface area contributed by atoms with Gasteiger partial charge in [-0.25, -0.2) is 0 Å². The van der Waals surface area contributed by atoms with Crippen molar-refractivity contribution in [2.24, 2.45) is 0 Å². The second-order valence-electron chi connectivity index (χ2n) is 6.34. The Morgan fingerprint density at radius 1 is 0.810 bits per heavy atom. The second-order valence-corrected chi connectivity index (χ2v) is 6.34. The summed E-state index contributed by atoms with van der Waals surface area (Å²) in [5.74, 6) is 0. The molecule has 0 aliphatic carbocycles. The predicted molar refractivity (Wildman–Crippen MR) is 94.7 cm³/mol. The fourth-order valence-corrected chi connectivity index (χ4v) is 2.95. The summed E-state index contributed by atoms with van der Waals surface area (Å²) in [6.45, 7) is 6.87. The van der Waals surface area contributed by atoms with E-state index in [1.807, 2.05) is 0 Å². The zero-order chi connectivity index (χ0) is 15.3. The minimum absolute atomic E-state index is 0.462. The van der Waals surface area contributed by atoms with Gasteiger partial charge in [0.05, 0.1) is 0 Å². The van der Waals surface area contributed by atoms with E-state index in [9.17, 15) is 0 Å². The van der Waals surface area contributed by atoms with Gasteiger partial charge in [-0.1, -0.05) is 89.1 Å². The van der Waals surface area contributed by atoms with Crippen LogP contribution in [0.25, 0.3) is 0 Å². The SMILES string of the molecule is CCCCCCC[C@H](CCCC)N[C@@H](C)c1ccccc1. The molecule has 21 heavy (non-hydrogen) atoms. The molecule has 1 heteroatoms. The molecule has 0 aromatic heterocycles. The highest BCUT2D eigenvalue weighted by Gasteiger charge is 2.12. The lowest BCUT2D eigenvalue weighted by Gasteiger charge is -2.24. The normalized spacial score (nSPS) is 14.0. The molecule has 1 aromatic carbocycles. The van der Waals surface area contributed by atoms with E-state index in [1.165, 1.54) is 63.4 Å². The fraction of sp³-hybridized carbons (Fsp3) is 0.700. The summed E-state index contributed by atoms with van der Waals surface area (Å²) in [6, 6.07) is 12.0. The maximum Gasteiger partial charge on any atom is 0.0294 e. The van der Waals surface area contributed by atoms with E-state index in [2.05, 4.69) is 56.4 Å². The van der Waals surface area contributed by atoms with Crippen LogP contribution < -0.4 is 5.32 Å². The van der Waals surface area contributed by atoms with Gasteiger partial charge in [0.2, 0.25) is 0 Å². The van der Waals surface area contributed by atoms with Crippen molar-refractivity contribution in [3.8, 4) is 0 Å². The molecule has 0 bridgehead atoms. The van der Waals surface area contributed by atoms with Crippen molar-refractivity contribution in [3.05, 3.63) is 35.9 Å². The van der Waals surface area contributed by atoms with Gasteiger partial charge in [0.1, 0.15) is 0 Å². The predicted octanol–water partition coefficient (Wildman–Crippen LogP) is 6.26. The molecule has 0 aliphatic heterocycles. The van der Waals surface area contributed by atoms with Crippen molar-refractivity contribution >= 4 is 0 Å². The quantitative estimate of drug-likeness (QED) is 0.448. The Kier molecular flexibility index (Phi) is 10.2. The standard InChI is InChI=1S/C20H35N/c1-4-6-8-9-13-17-20(16-7-5-2)21-18(3)19-14-11-10-12-15-19/h10-12,14-15,18,20-21H,4-9,13,16-17H2,1-3H3/t18-,20-/m0/s1. The molecule has 0 radical (unpaired) electrons. The molecule has 1 aromatic rings. The summed E-state index contributed by atoms with van der Waals surface area (Å²) in [5, 5.41) is 3.86. The average molecular weight is 290 g/mol. The van der Waals surface area contributed by atoms with Crippen molar-refractivity contribution in [2.45, 2.75) is 90.6 Å². The van der Waals surface area contributed by atoms with Gasteiger partial charge in [-0.3, -0.25) is 0 Å². The molecule has 0 amide bonds. The number of unbranched alkanes of at least 4 members (excludes halogenated alkanes) is 5. The molecule has 0 spiro atoms. The Balaban J connectivity index is 2.37. The molecule has 1 rings (SSSR count).